The highest BCUT2D eigenvalue weighted by Gasteiger charge is 2.20. The average Bonchev–Trinajstić information content (AvgIpc) is 2.38. The smallest absolute Gasteiger partial charge is 0.129 e. The number of pyridine rings is 1. The zero-order chi connectivity index (χ0) is 13.8. The molecule has 1 aromatic carbocycles. The van der Waals surface area contributed by atoms with E-state index in [2.05, 4.69) is 10.3 Å². The molecule has 0 fully saturated rings. The number of nitrogens with zero attached hydrogens (tertiary/aromatic N) is 1. The van der Waals surface area contributed by atoms with Gasteiger partial charge in [0.25, 0.3) is 0 Å². The van der Waals surface area contributed by atoms with E-state index in [0.29, 0.717) is 27.8 Å². The van der Waals surface area contributed by atoms with E-state index in [1.165, 1.54) is 6.07 Å². The second kappa shape index (κ2) is 6.33. The third-order valence-corrected chi connectivity index (χ3v) is 3.30. The summed E-state index contributed by atoms with van der Waals surface area (Å²) in [5.74, 6) is -0.375. The van der Waals surface area contributed by atoms with Crippen LogP contribution in [0.25, 0.3) is 0 Å². The normalized spacial score (nSPS) is 12.4. The first kappa shape index (κ1) is 14.3. The Morgan fingerprint density at radius 2 is 2.11 bits per heavy atom. The quantitative estimate of drug-likeness (QED) is 0.914. The summed E-state index contributed by atoms with van der Waals surface area (Å²) in [6.45, 7) is 2.61. The summed E-state index contributed by atoms with van der Waals surface area (Å²) in [5, 5.41) is 4.05. The maximum absolute atomic E-state index is 14.0. The number of aromatic nitrogens is 1. The second-order valence-electron chi connectivity index (χ2n) is 4.03. The van der Waals surface area contributed by atoms with Crippen LogP contribution in [0.15, 0.2) is 36.5 Å². The molecule has 1 heterocycles. The third-order valence-electron chi connectivity index (χ3n) is 2.74. The molecule has 0 saturated carbocycles. The molecule has 0 radical (unpaired) electrons. The van der Waals surface area contributed by atoms with E-state index in [-0.39, 0.29) is 5.82 Å². The summed E-state index contributed by atoms with van der Waals surface area (Å²) in [7, 11) is 0. The number of benzene rings is 1. The molecule has 2 aromatic rings. The van der Waals surface area contributed by atoms with Gasteiger partial charge in [0.15, 0.2) is 0 Å². The third kappa shape index (κ3) is 3.24. The van der Waals surface area contributed by atoms with Crippen molar-refractivity contribution in [3.05, 3.63) is 63.6 Å². The summed E-state index contributed by atoms with van der Waals surface area (Å²) in [6, 6.07) is 7.68. The van der Waals surface area contributed by atoms with Gasteiger partial charge in [-0.1, -0.05) is 36.2 Å². The molecular formula is C14H13Cl2FN2. The molecular weight excluding hydrogens is 286 g/mol. The molecule has 0 aliphatic heterocycles. The molecule has 2 rings (SSSR count). The Bertz CT molecular complexity index is 575. The average molecular weight is 299 g/mol. The minimum absolute atomic E-state index is 0.364. The molecule has 19 heavy (non-hydrogen) atoms. The highest BCUT2D eigenvalue weighted by atomic mass is 35.5. The largest absolute Gasteiger partial charge is 0.305 e. The van der Waals surface area contributed by atoms with E-state index in [0.717, 1.165) is 0 Å². The molecule has 0 spiro atoms. The van der Waals surface area contributed by atoms with E-state index in [4.69, 9.17) is 23.2 Å². The zero-order valence-electron chi connectivity index (χ0n) is 10.3. The topological polar surface area (TPSA) is 24.9 Å². The predicted octanol–water partition coefficient (Wildman–Crippen LogP) is 4.23. The lowest BCUT2D eigenvalue weighted by Crippen LogP contribution is -2.24. The number of rotatable bonds is 4. The van der Waals surface area contributed by atoms with Gasteiger partial charge in [0.1, 0.15) is 5.82 Å². The van der Waals surface area contributed by atoms with Crippen LogP contribution in [0.5, 0.6) is 0 Å². The number of hydrogen-bond donors (Lipinski definition) is 1. The highest BCUT2D eigenvalue weighted by molar-refractivity contribution is 6.31. The fourth-order valence-corrected chi connectivity index (χ4v) is 2.29. The van der Waals surface area contributed by atoms with Crippen LogP contribution in [0.2, 0.25) is 10.0 Å². The van der Waals surface area contributed by atoms with Gasteiger partial charge in [0.05, 0.1) is 16.8 Å². The molecule has 1 atom stereocenters. The number of hydrogen-bond acceptors (Lipinski definition) is 2. The molecule has 100 valence electrons. The van der Waals surface area contributed by atoms with Crippen molar-refractivity contribution in [2.45, 2.75) is 13.0 Å². The standard InChI is InChI=1S/C14H13Cl2FN2/c1-2-18-13(14-11(16)4-3-7-19-14)10-6-5-9(15)8-12(10)17/h3-8,13,18H,2H2,1H3. The van der Waals surface area contributed by atoms with Gasteiger partial charge in [-0.2, -0.15) is 0 Å². The minimum Gasteiger partial charge on any atom is -0.305 e. The fourth-order valence-electron chi connectivity index (χ4n) is 1.90. The van der Waals surface area contributed by atoms with Gasteiger partial charge in [-0.3, -0.25) is 4.98 Å². The summed E-state index contributed by atoms with van der Waals surface area (Å²) >= 11 is 11.9. The van der Waals surface area contributed by atoms with Gasteiger partial charge in [0.2, 0.25) is 0 Å². The molecule has 0 amide bonds. The van der Waals surface area contributed by atoms with Gasteiger partial charge in [-0.25, -0.2) is 4.39 Å². The Balaban J connectivity index is 2.48. The van der Waals surface area contributed by atoms with E-state index < -0.39 is 6.04 Å². The molecule has 5 heteroatoms. The SMILES string of the molecule is CCNC(c1ccc(Cl)cc1F)c1ncccc1Cl. The van der Waals surface area contributed by atoms with E-state index in [1.54, 1.807) is 30.5 Å². The van der Waals surface area contributed by atoms with Crippen LogP contribution in [-0.2, 0) is 0 Å². The second-order valence-corrected chi connectivity index (χ2v) is 4.87. The first-order valence-corrected chi connectivity index (χ1v) is 6.67. The number of halogens is 3. The Labute approximate surface area is 121 Å². The van der Waals surface area contributed by atoms with Crippen LogP contribution >= 0.6 is 23.2 Å². The Morgan fingerprint density at radius 3 is 2.74 bits per heavy atom. The minimum atomic E-state index is -0.393. The molecule has 1 aromatic heterocycles. The van der Waals surface area contributed by atoms with Crippen LogP contribution in [0.3, 0.4) is 0 Å². The molecule has 1 N–H and O–H groups in total. The predicted molar refractivity (Wildman–Crippen MR) is 76.2 cm³/mol. The van der Waals surface area contributed by atoms with Crippen LogP contribution < -0.4 is 5.32 Å². The van der Waals surface area contributed by atoms with Crippen molar-refractivity contribution >= 4 is 23.2 Å². The molecule has 0 saturated heterocycles. The first-order valence-electron chi connectivity index (χ1n) is 5.92. The molecule has 2 nitrogen and oxygen atoms in total. The van der Waals surface area contributed by atoms with Crippen molar-refractivity contribution in [1.29, 1.82) is 0 Å². The van der Waals surface area contributed by atoms with E-state index in [9.17, 15) is 4.39 Å². The van der Waals surface area contributed by atoms with Crippen LogP contribution in [0.1, 0.15) is 24.2 Å². The monoisotopic (exact) mass is 298 g/mol. The van der Waals surface area contributed by atoms with Crippen molar-refractivity contribution in [3.63, 3.8) is 0 Å². The maximum atomic E-state index is 14.0. The van der Waals surface area contributed by atoms with Gasteiger partial charge < -0.3 is 5.32 Å². The van der Waals surface area contributed by atoms with Gasteiger partial charge >= 0.3 is 0 Å². The maximum Gasteiger partial charge on any atom is 0.129 e. The van der Waals surface area contributed by atoms with Crippen molar-refractivity contribution < 1.29 is 4.39 Å². The fraction of sp³-hybridized carbons (Fsp3) is 0.214. The van der Waals surface area contributed by atoms with Gasteiger partial charge in [-0.05, 0) is 30.8 Å². The van der Waals surface area contributed by atoms with Crippen LogP contribution in [0, 0.1) is 5.82 Å². The Morgan fingerprint density at radius 1 is 1.32 bits per heavy atom. The number of nitrogens with one attached hydrogen (secondary N) is 1. The summed E-state index contributed by atoms with van der Waals surface area (Å²) in [6.07, 6.45) is 1.64. The summed E-state index contributed by atoms with van der Waals surface area (Å²) in [4.78, 5) is 4.24. The van der Waals surface area contributed by atoms with Crippen molar-refractivity contribution in [2.75, 3.05) is 6.54 Å². The van der Waals surface area contributed by atoms with Gasteiger partial charge in [0, 0.05) is 16.8 Å². The first-order chi connectivity index (χ1) is 9.13. The summed E-state index contributed by atoms with van der Waals surface area (Å²) < 4.78 is 14.0. The lowest BCUT2D eigenvalue weighted by Gasteiger charge is -2.19. The molecule has 0 aliphatic rings. The van der Waals surface area contributed by atoms with Crippen molar-refractivity contribution in [2.24, 2.45) is 0 Å². The molecule has 1 unspecified atom stereocenters. The zero-order valence-corrected chi connectivity index (χ0v) is 11.8. The van der Waals surface area contributed by atoms with E-state index >= 15 is 0 Å². The van der Waals surface area contributed by atoms with E-state index in [1.807, 2.05) is 6.92 Å². The van der Waals surface area contributed by atoms with Crippen molar-refractivity contribution in [3.8, 4) is 0 Å². The lowest BCUT2D eigenvalue weighted by atomic mass is 10.0. The Hall–Kier alpha value is -1.16. The van der Waals surface area contributed by atoms with Crippen LogP contribution in [0.4, 0.5) is 4.39 Å². The van der Waals surface area contributed by atoms with Gasteiger partial charge in [-0.15, -0.1) is 0 Å². The molecule has 0 aliphatic carbocycles. The summed E-state index contributed by atoms with van der Waals surface area (Å²) in [5.41, 5.74) is 1.08. The van der Waals surface area contributed by atoms with Crippen LogP contribution in [-0.4, -0.2) is 11.5 Å². The highest BCUT2D eigenvalue weighted by Crippen LogP contribution is 2.29. The van der Waals surface area contributed by atoms with Crippen molar-refractivity contribution in [1.82, 2.24) is 10.3 Å². The Kier molecular flexibility index (Phi) is 4.75. The lowest BCUT2D eigenvalue weighted by molar-refractivity contribution is 0.552. The molecule has 0 bridgehead atoms.